The van der Waals surface area contributed by atoms with Crippen molar-refractivity contribution in [3.63, 3.8) is 0 Å². The first-order valence-electron chi connectivity index (χ1n) is 10.3. The lowest BCUT2D eigenvalue weighted by Crippen LogP contribution is -2.25. The van der Waals surface area contributed by atoms with E-state index in [2.05, 4.69) is 15.5 Å². The normalized spacial score (nSPS) is 12.7. The van der Waals surface area contributed by atoms with Gasteiger partial charge in [0.15, 0.2) is 23.4 Å². The number of ketones is 1. The smallest absolute Gasteiger partial charge is 0.262 e. The zero-order valence-electron chi connectivity index (χ0n) is 17.8. The Morgan fingerprint density at radius 1 is 1.15 bits per heavy atom. The number of nitrogens with zero attached hydrogens (tertiary/aromatic N) is 3. The Kier molecular flexibility index (Phi) is 5.70. The van der Waals surface area contributed by atoms with Gasteiger partial charge in [0, 0.05) is 5.56 Å². The second-order valence-electron chi connectivity index (χ2n) is 7.53. The largest absolute Gasteiger partial charge is 0.482 e. The number of fused-ring (bicyclic) bond motifs is 1. The summed E-state index contributed by atoms with van der Waals surface area (Å²) in [5.41, 5.74) is 2.96. The maximum absolute atomic E-state index is 12.9. The zero-order chi connectivity index (χ0) is 22.8. The van der Waals surface area contributed by atoms with Crippen molar-refractivity contribution in [3.8, 4) is 17.1 Å². The molecule has 0 spiro atoms. The highest BCUT2D eigenvalue weighted by Crippen LogP contribution is 2.31. The molecule has 3 heterocycles. The van der Waals surface area contributed by atoms with Crippen LogP contribution in [0.2, 0.25) is 0 Å². The van der Waals surface area contributed by atoms with Crippen molar-refractivity contribution in [3.05, 3.63) is 77.7 Å². The van der Waals surface area contributed by atoms with E-state index in [-0.39, 0.29) is 24.1 Å². The Labute approximate surface area is 194 Å². The number of hydrogen-bond donors (Lipinski definition) is 1. The van der Waals surface area contributed by atoms with Gasteiger partial charge in [-0.3, -0.25) is 14.2 Å². The van der Waals surface area contributed by atoms with Gasteiger partial charge in [-0.05, 0) is 36.8 Å². The van der Waals surface area contributed by atoms with Gasteiger partial charge in [0.1, 0.15) is 11.5 Å². The fraction of sp³-hybridized carbons (Fsp3) is 0.167. The van der Waals surface area contributed by atoms with E-state index in [9.17, 15) is 9.59 Å². The standard InChI is InChI=1S/C24H20N4O4S/c1-15-18(9-10-31-15)23-26-27-24(28(23)12-16-5-3-2-4-6-16)33-14-20(29)17-7-8-21-19(11-17)25-22(30)13-32-21/h2-11H,12-14H2,1H3,(H,25,30). The molecule has 1 aliphatic heterocycles. The number of anilines is 1. The predicted octanol–water partition coefficient (Wildman–Crippen LogP) is 4.20. The molecule has 1 aliphatic rings. The van der Waals surface area contributed by atoms with Crippen LogP contribution in [-0.2, 0) is 11.3 Å². The van der Waals surface area contributed by atoms with Crippen LogP contribution in [0.5, 0.6) is 5.75 Å². The fourth-order valence-corrected chi connectivity index (χ4v) is 4.42. The number of aromatic nitrogens is 3. The number of rotatable bonds is 7. The molecular weight excluding hydrogens is 440 g/mol. The fourth-order valence-electron chi connectivity index (χ4n) is 3.59. The van der Waals surface area contributed by atoms with Gasteiger partial charge in [-0.25, -0.2) is 0 Å². The van der Waals surface area contributed by atoms with Gasteiger partial charge in [0.05, 0.1) is 29.8 Å². The molecule has 0 radical (unpaired) electrons. The number of furan rings is 1. The molecule has 2 aromatic heterocycles. The molecule has 0 aliphatic carbocycles. The van der Waals surface area contributed by atoms with Gasteiger partial charge in [-0.2, -0.15) is 0 Å². The maximum atomic E-state index is 12.9. The second kappa shape index (κ2) is 8.95. The van der Waals surface area contributed by atoms with Crippen molar-refractivity contribution >= 4 is 29.1 Å². The highest BCUT2D eigenvalue weighted by molar-refractivity contribution is 7.99. The predicted molar refractivity (Wildman–Crippen MR) is 124 cm³/mol. The van der Waals surface area contributed by atoms with Crippen LogP contribution in [0.1, 0.15) is 21.7 Å². The van der Waals surface area contributed by atoms with Gasteiger partial charge < -0.3 is 14.5 Å². The van der Waals surface area contributed by atoms with Crippen molar-refractivity contribution in [2.75, 3.05) is 17.7 Å². The third kappa shape index (κ3) is 4.40. The number of thioether (sulfide) groups is 1. The van der Waals surface area contributed by atoms with Crippen LogP contribution in [0.3, 0.4) is 0 Å². The van der Waals surface area contributed by atoms with Crippen molar-refractivity contribution in [2.24, 2.45) is 0 Å². The molecule has 4 aromatic rings. The van der Waals surface area contributed by atoms with Gasteiger partial charge in [0.2, 0.25) is 0 Å². The Balaban J connectivity index is 1.39. The molecular formula is C24H20N4O4S. The minimum atomic E-state index is -0.238. The lowest BCUT2D eigenvalue weighted by atomic mass is 10.1. The molecule has 33 heavy (non-hydrogen) atoms. The van der Waals surface area contributed by atoms with Crippen molar-refractivity contribution < 1.29 is 18.7 Å². The van der Waals surface area contributed by atoms with Crippen LogP contribution in [0.25, 0.3) is 11.4 Å². The molecule has 166 valence electrons. The lowest BCUT2D eigenvalue weighted by molar-refractivity contribution is -0.118. The van der Waals surface area contributed by atoms with Crippen LogP contribution in [0.4, 0.5) is 5.69 Å². The van der Waals surface area contributed by atoms with E-state index in [0.29, 0.717) is 34.5 Å². The van der Waals surface area contributed by atoms with Crippen molar-refractivity contribution in [1.82, 2.24) is 14.8 Å². The first kappa shape index (κ1) is 21.0. The Hall–Kier alpha value is -3.85. The number of nitrogens with one attached hydrogen (secondary N) is 1. The summed E-state index contributed by atoms with van der Waals surface area (Å²) in [7, 11) is 0. The molecule has 8 nitrogen and oxygen atoms in total. The van der Waals surface area contributed by atoms with Gasteiger partial charge in [-0.15, -0.1) is 10.2 Å². The molecule has 0 saturated carbocycles. The third-order valence-corrected chi connectivity index (χ3v) is 6.23. The average molecular weight is 461 g/mol. The van der Waals surface area contributed by atoms with Crippen LogP contribution in [0.15, 0.2) is 70.4 Å². The quantitative estimate of drug-likeness (QED) is 0.326. The summed E-state index contributed by atoms with van der Waals surface area (Å²) in [4.78, 5) is 24.5. The van der Waals surface area contributed by atoms with Crippen molar-refractivity contribution in [2.45, 2.75) is 18.6 Å². The summed E-state index contributed by atoms with van der Waals surface area (Å²) in [6, 6.07) is 16.9. The first-order chi connectivity index (χ1) is 16.1. The molecule has 5 rings (SSSR count). The van der Waals surface area contributed by atoms with E-state index in [1.165, 1.54) is 11.8 Å². The highest BCUT2D eigenvalue weighted by atomic mass is 32.2. The van der Waals surface area contributed by atoms with Gasteiger partial charge in [0.25, 0.3) is 5.91 Å². The Bertz CT molecular complexity index is 1330. The van der Waals surface area contributed by atoms with Crippen LogP contribution in [0, 0.1) is 6.92 Å². The molecule has 0 saturated heterocycles. The van der Waals surface area contributed by atoms with E-state index in [0.717, 1.165) is 16.9 Å². The van der Waals surface area contributed by atoms with Crippen LogP contribution in [-0.4, -0.2) is 38.8 Å². The minimum Gasteiger partial charge on any atom is -0.482 e. The Morgan fingerprint density at radius 3 is 2.79 bits per heavy atom. The number of amides is 1. The van der Waals surface area contributed by atoms with E-state index >= 15 is 0 Å². The number of ether oxygens (including phenoxy) is 1. The summed E-state index contributed by atoms with van der Waals surface area (Å²) in [5.74, 6) is 1.85. The van der Waals surface area contributed by atoms with Crippen LogP contribution < -0.4 is 10.1 Å². The summed E-state index contributed by atoms with van der Waals surface area (Å²) in [6.45, 7) is 2.42. The molecule has 0 unspecified atom stereocenters. The number of carbonyl (C=O) groups excluding carboxylic acids is 2. The number of benzene rings is 2. The Morgan fingerprint density at radius 2 is 2.00 bits per heavy atom. The summed E-state index contributed by atoms with van der Waals surface area (Å²) in [6.07, 6.45) is 1.63. The topological polar surface area (TPSA) is 99.2 Å². The van der Waals surface area contributed by atoms with E-state index in [4.69, 9.17) is 9.15 Å². The van der Waals surface area contributed by atoms with E-state index in [1.54, 1.807) is 24.5 Å². The monoisotopic (exact) mass is 460 g/mol. The molecule has 1 amide bonds. The second-order valence-corrected chi connectivity index (χ2v) is 8.47. The molecule has 0 fully saturated rings. The number of carbonyl (C=O) groups is 2. The SMILES string of the molecule is Cc1occc1-c1nnc(SCC(=O)c2ccc3c(c2)NC(=O)CO3)n1Cc1ccccc1. The van der Waals surface area contributed by atoms with E-state index < -0.39 is 0 Å². The summed E-state index contributed by atoms with van der Waals surface area (Å²) in [5, 5.41) is 12.1. The average Bonchev–Trinajstić information content (AvgIpc) is 3.43. The highest BCUT2D eigenvalue weighted by Gasteiger charge is 2.21. The first-order valence-corrected chi connectivity index (χ1v) is 11.3. The van der Waals surface area contributed by atoms with Crippen LogP contribution >= 0.6 is 11.8 Å². The molecule has 9 heteroatoms. The summed E-state index contributed by atoms with van der Waals surface area (Å²) >= 11 is 1.32. The molecule has 1 N–H and O–H groups in total. The number of Topliss-reactive ketones (excluding diaryl/α,β-unsaturated/α-hetero) is 1. The van der Waals surface area contributed by atoms with Crippen molar-refractivity contribution in [1.29, 1.82) is 0 Å². The summed E-state index contributed by atoms with van der Waals surface area (Å²) < 4.78 is 12.8. The third-order valence-electron chi connectivity index (χ3n) is 5.27. The van der Waals surface area contributed by atoms with Gasteiger partial charge in [-0.1, -0.05) is 42.1 Å². The number of hydrogen-bond acceptors (Lipinski definition) is 7. The molecule has 2 aromatic carbocycles. The molecule has 0 bridgehead atoms. The van der Waals surface area contributed by atoms with Gasteiger partial charge >= 0.3 is 0 Å². The minimum absolute atomic E-state index is 0.0221. The lowest BCUT2D eigenvalue weighted by Gasteiger charge is -2.18. The maximum Gasteiger partial charge on any atom is 0.262 e. The zero-order valence-corrected chi connectivity index (χ0v) is 18.6. The molecule has 0 atom stereocenters. The number of aryl methyl sites for hydroxylation is 1. The van der Waals surface area contributed by atoms with E-state index in [1.807, 2.05) is 47.9 Å².